The van der Waals surface area contributed by atoms with Crippen molar-refractivity contribution in [3.63, 3.8) is 0 Å². The second-order valence-corrected chi connectivity index (χ2v) is 4.69. The Hall–Kier alpha value is -1.89. The fourth-order valence-electron chi connectivity index (χ4n) is 2.34. The smallest absolute Gasteiger partial charge is 0.171 e. The lowest BCUT2D eigenvalue weighted by Gasteiger charge is -2.10. The zero-order valence-corrected chi connectivity index (χ0v) is 11.0. The molecule has 1 radical (unpaired) electrons. The molecule has 1 nitrogen and oxygen atoms in total. The molecule has 18 heavy (non-hydrogen) atoms. The molecule has 0 bridgehead atoms. The summed E-state index contributed by atoms with van der Waals surface area (Å²) in [6.45, 7) is 6.04. The van der Waals surface area contributed by atoms with Gasteiger partial charge in [-0.1, -0.05) is 48.0 Å². The molecular weight excluding hydrogens is 220 g/mol. The van der Waals surface area contributed by atoms with Crippen LogP contribution in [0.5, 0.6) is 0 Å². The number of carbonyl (C=O) groups excluding carboxylic acids is 1. The summed E-state index contributed by atoms with van der Waals surface area (Å²) in [7, 11) is 0. The van der Waals surface area contributed by atoms with Crippen LogP contribution in [0.2, 0.25) is 0 Å². The monoisotopic (exact) mass is 237 g/mol. The van der Waals surface area contributed by atoms with Crippen molar-refractivity contribution in [1.29, 1.82) is 0 Å². The van der Waals surface area contributed by atoms with Crippen LogP contribution in [0.3, 0.4) is 0 Å². The largest absolute Gasteiger partial charge is 0.293 e. The molecule has 2 rings (SSSR count). The highest BCUT2D eigenvalue weighted by Gasteiger charge is 2.13. The second kappa shape index (κ2) is 5.18. The molecule has 0 atom stereocenters. The number of rotatable bonds is 3. The molecule has 0 spiro atoms. The van der Waals surface area contributed by atoms with Crippen molar-refractivity contribution in [2.75, 3.05) is 0 Å². The van der Waals surface area contributed by atoms with Crippen LogP contribution in [0.1, 0.15) is 32.6 Å². The fraction of sp³-hybridized carbons (Fsp3) is 0.176. The number of aryl methyl sites for hydroxylation is 3. The summed E-state index contributed by atoms with van der Waals surface area (Å²) in [6, 6.07) is 13.8. The van der Waals surface area contributed by atoms with E-state index in [2.05, 4.69) is 19.1 Å². The van der Waals surface area contributed by atoms with Gasteiger partial charge >= 0.3 is 0 Å². The predicted octanol–water partition coefficient (Wildman–Crippen LogP) is 4.05. The number of carbonyl (C=O) groups is 1. The van der Waals surface area contributed by atoms with Gasteiger partial charge in [-0.15, -0.1) is 0 Å². The van der Waals surface area contributed by atoms with E-state index in [-0.39, 0.29) is 5.78 Å². The van der Waals surface area contributed by atoms with Gasteiger partial charge < -0.3 is 0 Å². The van der Waals surface area contributed by atoms with Crippen molar-refractivity contribution in [2.45, 2.75) is 20.8 Å². The van der Waals surface area contributed by atoms with Crippen LogP contribution in [0.25, 0.3) is 0 Å². The van der Waals surface area contributed by atoms with Gasteiger partial charge in [-0.3, -0.25) is 4.79 Å². The van der Waals surface area contributed by atoms with Crippen LogP contribution in [0.15, 0.2) is 42.5 Å². The van der Waals surface area contributed by atoms with Crippen molar-refractivity contribution in [3.05, 3.63) is 76.7 Å². The molecule has 0 aliphatic carbocycles. The van der Waals surface area contributed by atoms with Gasteiger partial charge in [0.1, 0.15) is 0 Å². The Balaban J connectivity index is 2.30. The van der Waals surface area contributed by atoms with Gasteiger partial charge in [-0.25, -0.2) is 0 Å². The highest BCUT2D eigenvalue weighted by Crippen LogP contribution is 2.19. The van der Waals surface area contributed by atoms with Crippen LogP contribution in [-0.2, 0) is 0 Å². The lowest BCUT2D eigenvalue weighted by atomic mass is 9.93. The molecule has 0 fully saturated rings. The average molecular weight is 237 g/mol. The van der Waals surface area contributed by atoms with E-state index in [0.29, 0.717) is 0 Å². The topological polar surface area (TPSA) is 17.1 Å². The van der Waals surface area contributed by atoms with Gasteiger partial charge in [0.05, 0.1) is 6.42 Å². The van der Waals surface area contributed by atoms with Gasteiger partial charge in [-0.2, -0.15) is 0 Å². The minimum absolute atomic E-state index is 0.0798. The van der Waals surface area contributed by atoms with Gasteiger partial charge in [0.15, 0.2) is 5.78 Å². The molecule has 91 valence electrons. The number of ketones is 1. The molecule has 0 amide bonds. The minimum Gasteiger partial charge on any atom is -0.293 e. The Morgan fingerprint density at radius 2 is 1.50 bits per heavy atom. The third-order valence-electron chi connectivity index (χ3n) is 3.02. The lowest BCUT2D eigenvalue weighted by Crippen LogP contribution is -2.06. The maximum atomic E-state index is 12.3. The summed E-state index contributed by atoms with van der Waals surface area (Å²) in [5.74, 6) is 0.0798. The van der Waals surface area contributed by atoms with Crippen molar-refractivity contribution >= 4 is 5.78 Å². The van der Waals surface area contributed by atoms with E-state index in [1.54, 1.807) is 6.42 Å². The molecule has 0 N–H and O–H groups in total. The molecule has 0 aliphatic rings. The molecule has 1 heteroatoms. The molecule has 0 unspecified atom stereocenters. The first-order valence-corrected chi connectivity index (χ1v) is 6.10. The standard InChI is InChI=1S/C17H17O/c1-12-9-13(2)17(14(3)10-12)16(18)11-15-7-5-4-6-8-15/h4-11H,1-3H3. The van der Waals surface area contributed by atoms with Gasteiger partial charge in [0.2, 0.25) is 0 Å². The van der Waals surface area contributed by atoms with E-state index in [0.717, 1.165) is 22.3 Å². The summed E-state index contributed by atoms with van der Waals surface area (Å²) in [4.78, 5) is 12.3. The Morgan fingerprint density at radius 3 is 2.06 bits per heavy atom. The Kier molecular flexibility index (Phi) is 3.61. The second-order valence-electron chi connectivity index (χ2n) is 4.69. The number of benzene rings is 2. The molecule has 2 aromatic rings. The first-order valence-electron chi connectivity index (χ1n) is 6.10. The first kappa shape index (κ1) is 12.6. The van der Waals surface area contributed by atoms with Crippen LogP contribution < -0.4 is 0 Å². The average Bonchev–Trinajstić information content (AvgIpc) is 2.28. The van der Waals surface area contributed by atoms with Crippen LogP contribution >= 0.6 is 0 Å². The Bertz CT molecular complexity index is 544. The molecule has 2 aromatic carbocycles. The van der Waals surface area contributed by atoms with E-state index >= 15 is 0 Å². The van der Waals surface area contributed by atoms with Crippen LogP contribution in [0.4, 0.5) is 0 Å². The molecule has 0 aliphatic heterocycles. The minimum atomic E-state index is 0.0798. The number of Topliss-reactive ketones (excluding diaryl/α,β-unsaturated/α-hetero) is 1. The summed E-state index contributed by atoms with van der Waals surface area (Å²) >= 11 is 0. The predicted molar refractivity (Wildman–Crippen MR) is 74.8 cm³/mol. The van der Waals surface area contributed by atoms with E-state index in [1.807, 2.05) is 44.2 Å². The van der Waals surface area contributed by atoms with Gasteiger partial charge in [0, 0.05) is 5.56 Å². The van der Waals surface area contributed by atoms with Gasteiger partial charge in [-0.05, 0) is 37.5 Å². The van der Waals surface area contributed by atoms with Crippen molar-refractivity contribution in [2.24, 2.45) is 0 Å². The molecule has 0 heterocycles. The SMILES string of the molecule is Cc1cc(C)c(C(=O)[CH]c2ccccc2)c(C)c1. The lowest BCUT2D eigenvalue weighted by molar-refractivity contribution is 0.103. The van der Waals surface area contributed by atoms with Crippen LogP contribution in [0, 0.1) is 27.2 Å². The number of hydrogen-bond donors (Lipinski definition) is 0. The normalized spacial score (nSPS) is 10.4. The van der Waals surface area contributed by atoms with Crippen LogP contribution in [-0.4, -0.2) is 5.78 Å². The van der Waals surface area contributed by atoms with E-state index in [4.69, 9.17) is 0 Å². The summed E-state index contributed by atoms with van der Waals surface area (Å²) in [6.07, 6.45) is 1.70. The van der Waals surface area contributed by atoms with Crippen molar-refractivity contribution in [1.82, 2.24) is 0 Å². The van der Waals surface area contributed by atoms with E-state index in [1.165, 1.54) is 5.56 Å². The highest BCUT2D eigenvalue weighted by molar-refractivity contribution is 6.06. The van der Waals surface area contributed by atoms with E-state index < -0.39 is 0 Å². The quantitative estimate of drug-likeness (QED) is 0.736. The first-order chi connectivity index (χ1) is 8.58. The Morgan fingerprint density at radius 1 is 0.944 bits per heavy atom. The molecule has 0 saturated carbocycles. The summed E-state index contributed by atoms with van der Waals surface area (Å²) in [5.41, 5.74) is 5.06. The third-order valence-corrected chi connectivity index (χ3v) is 3.02. The highest BCUT2D eigenvalue weighted by atomic mass is 16.1. The summed E-state index contributed by atoms with van der Waals surface area (Å²) < 4.78 is 0. The number of hydrogen-bond acceptors (Lipinski definition) is 1. The zero-order chi connectivity index (χ0) is 13.1. The summed E-state index contributed by atoms with van der Waals surface area (Å²) in [5, 5.41) is 0. The third kappa shape index (κ3) is 2.67. The molecule has 0 saturated heterocycles. The van der Waals surface area contributed by atoms with E-state index in [9.17, 15) is 4.79 Å². The van der Waals surface area contributed by atoms with Gasteiger partial charge in [0.25, 0.3) is 0 Å². The van der Waals surface area contributed by atoms with Crippen molar-refractivity contribution in [3.8, 4) is 0 Å². The fourth-order valence-corrected chi connectivity index (χ4v) is 2.34. The Labute approximate surface area is 108 Å². The maximum Gasteiger partial charge on any atom is 0.171 e. The molecular formula is C17H17O. The zero-order valence-electron chi connectivity index (χ0n) is 11.0. The van der Waals surface area contributed by atoms with Crippen molar-refractivity contribution < 1.29 is 4.79 Å². The molecule has 0 aromatic heterocycles. The maximum absolute atomic E-state index is 12.3.